The molecule has 0 N–H and O–H groups in total. The molecule has 0 unspecified atom stereocenters. The predicted molar refractivity (Wildman–Crippen MR) is 57.4 cm³/mol. The quantitative estimate of drug-likeness (QED) is 0.567. The van der Waals surface area contributed by atoms with Crippen LogP contribution in [0.1, 0.15) is 25.6 Å². The molecule has 1 aromatic rings. The van der Waals surface area contributed by atoms with E-state index in [1.807, 2.05) is 32.2 Å². The minimum absolute atomic E-state index is 0.218. The van der Waals surface area contributed by atoms with Crippen molar-refractivity contribution in [3.05, 3.63) is 22.4 Å². The van der Waals surface area contributed by atoms with E-state index in [0.717, 1.165) is 4.88 Å². The Hall–Kier alpha value is -1.16. The van der Waals surface area contributed by atoms with Crippen molar-refractivity contribution in [2.45, 2.75) is 26.4 Å². The first kappa shape index (κ1) is 10.9. The molecular weight excluding hydrogens is 198 g/mol. The topological polar surface area (TPSA) is 38.7 Å². The SMILES string of the molecule is CC(C)(C)ON=C([C]=O)c1cccs1. The number of oxime groups is 1. The van der Waals surface area contributed by atoms with Crippen molar-refractivity contribution in [1.29, 1.82) is 0 Å². The molecule has 0 bridgehead atoms. The van der Waals surface area contributed by atoms with Crippen LogP contribution in [0.3, 0.4) is 0 Å². The summed E-state index contributed by atoms with van der Waals surface area (Å²) >= 11 is 1.43. The van der Waals surface area contributed by atoms with Gasteiger partial charge in [-0.2, -0.15) is 0 Å². The van der Waals surface area contributed by atoms with E-state index in [1.165, 1.54) is 11.3 Å². The number of nitrogens with zero attached hydrogens (tertiary/aromatic N) is 1. The molecule has 0 amide bonds. The molecule has 75 valence electrons. The zero-order valence-corrected chi connectivity index (χ0v) is 9.22. The number of hydrogen-bond donors (Lipinski definition) is 0. The van der Waals surface area contributed by atoms with Crippen LogP contribution in [0.15, 0.2) is 22.7 Å². The average Bonchev–Trinajstić information content (AvgIpc) is 2.56. The molecular formula is C10H12NO2S. The first-order valence-electron chi connectivity index (χ1n) is 4.21. The normalized spacial score (nSPS) is 12.6. The molecule has 0 aliphatic heterocycles. The first-order valence-corrected chi connectivity index (χ1v) is 5.09. The summed E-state index contributed by atoms with van der Waals surface area (Å²) in [5.41, 5.74) is -0.172. The van der Waals surface area contributed by atoms with Crippen molar-refractivity contribution < 1.29 is 9.63 Å². The Bertz CT molecular complexity index is 322. The van der Waals surface area contributed by atoms with Crippen LogP contribution in [-0.4, -0.2) is 17.6 Å². The van der Waals surface area contributed by atoms with E-state index in [1.54, 1.807) is 12.4 Å². The molecule has 0 saturated heterocycles. The van der Waals surface area contributed by atoms with Gasteiger partial charge in [0.05, 0.1) is 4.88 Å². The lowest BCUT2D eigenvalue weighted by molar-refractivity contribution is 0.00145. The van der Waals surface area contributed by atoms with Gasteiger partial charge in [0.25, 0.3) is 6.29 Å². The highest BCUT2D eigenvalue weighted by molar-refractivity contribution is 7.12. The van der Waals surface area contributed by atoms with Gasteiger partial charge >= 0.3 is 0 Å². The van der Waals surface area contributed by atoms with Gasteiger partial charge in [0.15, 0.2) is 5.71 Å². The Morgan fingerprint density at radius 3 is 2.71 bits per heavy atom. The van der Waals surface area contributed by atoms with Crippen LogP contribution in [-0.2, 0) is 9.63 Å². The fraction of sp³-hybridized carbons (Fsp3) is 0.400. The highest BCUT2D eigenvalue weighted by Crippen LogP contribution is 2.12. The smallest absolute Gasteiger partial charge is 0.258 e. The van der Waals surface area contributed by atoms with Gasteiger partial charge < -0.3 is 4.84 Å². The summed E-state index contributed by atoms with van der Waals surface area (Å²) in [7, 11) is 0. The van der Waals surface area contributed by atoms with Crippen LogP contribution in [0.5, 0.6) is 0 Å². The average molecular weight is 210 g/mol. The standard InChI is InChI=1S/C10H12NO2S/c1-10(2,3)13-11-8(7-12)9-5-4-6-14-9/h4-6H,1-3H3. The van der Waals surface area contributed by atoms with Crippen LogP contribution in [0, 0.1) is 0 Å². The third-order valence-electron chi connectivity index (χ3n) is 1.26. The van der Waals surface area contributed by atoms with Crippen LogP contribution in [0.4, 0.5) is 0 Å². The summed E-state index contributed by atoms with van der Waals surface area (Å²) in [5, 5.41) is 5.63. The Morgan fingerprint density at radius 2 is 2.29 bits per heavy atom. The van der Waals surface area contributed by atoms with Crippen LogP contribution >= 0.6 is 11.3 Å². The first-order chi connectivity index (χ1) is 6.53. The van der Waals surface area contributed by atoms with E-state index in [4.69, 9.17) is 4.84 Å². The van der Waals surface area contributed by atoms with Gasteiger partial charge in [-0.05, 0) is 32.2 Å². The molecule has 1 rings (SSSR count). The van der Waals surface area contributed by atoms with Crippen molar-refractivity contribution >= 4 is 23.3 Å². The van der Waals surface area contributed by atoms with Crippen molar-refractivity contribution in [2.24, 2.45) is 5.16 Å². The number of carbonyl (C=O) groups excluding carboxylic acids is 1. The fourth-order valence-electron chi connectivity index (χ4n) is 0.710. The highest BCUT2D eigenvalue weighted by atomic mass is 32.1. The van der Waals surface area contributed by atoms with Crippen LogP contribution < -0.4 is 0 Å². The van der Waals surface area contributed by atoms with Crippen molar-refractivity contribution in [1.82, 2.24) is 0 Å². The van der Waals surface area contributed by atoms with Crippen molar-refractivity contribution in [3.63, 3.8) is 0 Å². The molecule has 1 heterocycles. The van der Waals surface area contributed by atoms with Gasteiger partial charge in [0.1, 0.15) is 5.60 Å². The maximum atomic E-state index is 10.6. The van der Waals surface area contributed by atoms with Gasteiger partial charge in [0.2, 0.25) is 0 Å². The van der Waals surface area contributed by atoms with Gasteiger partial charge in [-0.15, -0.1) is 11.3 Å². The summed E-state index contributed by atoms with van der Waals surface area (Å²) in [4.78, 5) is 16.5. The second-order valence-electron chi connectivity index (χ2n) is 3.72. The van der Waals surface area contributed by atoms with Gasteiger partial charge in [0, 0.05) is 0 Å². The van der Waals surface area contributed by atoms with E-state index < -0.39 is 0 Å². The van der Waals surface area contributed by atoms with Crippen molar-refractivity contribution in [3.8, 4) is 0 Å². The minimum Gasteiger partial charge on any atom is -0.389 e. The summed E-state index contributed by atoms with van der Waals surface area (Å²) in [6.07, 6.45) is 1.76. The lowest BCUT2D eigenvalue weighted by Crippen LogP contribution is -2.17. The van der Waals surface area contributed by atoms with Crippen LogP contribution in [0.25, 0.3) is 0 Å². The summed E-state index contributed by atoms with van der Waals surface area (Å²) in [6, 6.07) is 3.66. The Morgan fingerprint density at radius 1 is 1.57 bits per heavy atom. The van der Waals surface area contributed by atoms with E-state index >= 15 is 0 Å². The molecule has 0 fully saturated rings. The molecule has 0 atom stereocenters. The summed E-state index contributed by atoms with van der Waals surface area (Å²) in [6.45, 7) is 5.61. The Labute approximate surface area is 87.4 Å². The third-order valence-corrected chi connectivity index (χ3v) is 2.14. The monoisotopic (exact) mass is 210 g/mol. The van der Waals surface area contributed by atoms with Crippen LogP contribution in [0.2, 0.25) is 0 Å². The minimum atomic E-state index is -0.390. The van der Waals surface area contributed by atoms with Crippen molar-refractivity contribution in [2.75, 3.05) is 0 Å². The molecule has 0 saturated carbocycles. The van der Waals surface area contributed by atoms with Gasteiger partial charge in [-0.25, -0.2) is 0 Å². The zero-order chi connectivity index (χ0) is 10.6. The predicted octanol–water partition coefficient (Wildman–Crippen LogP) is 2.38. The third kappa shape index (κ3) is 3.30. The van der Waals surface area contributed by atoms with E-state index in [0.29, 0.717) is 0 Å². The second kappa shape index (κ2) is 4.37. The number of thiophene rings is 1. The zero-order valence-electron chi connectivity index (χ0n) is 8.40. The molecule has 3 nitrogen and oxygen atoms in total. The maximum absolute atomic E-state index is 10.6. The van der Waals surface area contributed by atoms with E-state index in [-0.39, 0.29) is 11.3 Å². The number of hydrogen-bond acceptors (Lipinski definition) is 4. The molecule has 1 aromatic heterocycles. The van der Waals surface area contributed by atoms with E-state index in [2.05, 4.69) is 5.16 Å². The maximum Gasteiger partial charge on any atom is 0.258 e. The molecule has 0 aliphatic rings. The molecule has 14 heavy (non-hydrogen) atoms. The van der Waals surface area contributed by atoms with Gasteiger partial charge in [-0.1, -0.05) is 11.2 Å². The molecule has 4 heteroatoms. The summed E-state index contributed by atoms with van der Waals surface area (Å²) in [5.74, 6) is 0. The molecule has 0 aromatic carbocycles. The highest BCUT2D eigenvalue weighted by Gasteiger charge is 2.12. The fourth-order valence-corrected chi connectivity index (χ4v) is 1.36. The second-order valence-corrected chi connectivity index (χ2v) is 4.67. The lowest BCUT2D eigenvalue weighted by atomic mass is 10.2. The number of rotatable bonds is 3. The summed E-state index contributed by atoms with van der Waals surface area (Å²) < 4.78 is 0. The Balaban J connectivity index is 2.78. The lowest BCUT2D eigenvalue weighted by Gasteiger charge is -2.15. The van der Waals surface area contributed by atoms with Gasteiger partial charge in [-0.3, -0.25) is 4.79 Å². The Kier molecular flexibility index (Phi) is 3.41. The van der Waals surface area contributed by atoms with E-state index in [9.17, 15) is 4.79 Å². The molecule has 0 spiro atoms. The molecule has 1 radical (unpaired) electrons. The largest absolute Gasteiger partial charge is 0.389 e. The molecule has 0 aliphatic carbocycles.